The average Bonchev–Trinajstić information content (AvgIpc) is 2.48. The number of rotatable bonds is 4. The summed E-state index contributed by atoms with van der Waals surface area (Å²) in [6.45, 7) is 0.406. The third kappa shape index (κ3) is 4.06. The zero-order valence-corrected chi connectivity index (χ0v) is 12.2. The number of benzene rings is 2. The van der Waals surface area contributed by atoms with Gasteiger partial charge in [-0.3, -0.25) is 0 Å². The molecule has 5 heteroatoms. The van der Waals surface area contributed by atoms with Crippen LogP contribution in [0.3, 0.4) is 0 Å². The molecule has 0 fully saturated rings. The minimum Gasteiger partial charge on any atom is -0.445 e. The Hall–Kier alpha value is -1.88. The number of alkyl carbamates (subject to hydrolysis) is 1. The molecule has 0 saturated heterocycles. The summed E-state index contributed by atoms with van der Waals surface area (Å²) in [4.78, 5) is 11.5. The van der Waals surface area contributed by atoms with Gasteiger partial charge in [0.1, 0.15) is 12.4 Å². The number of nitrogens with one attached hydrogen (secondary N) is 1. The predicted molar refractivity (Wildman–Crippen MR) is 77.6 cm³/mol. The fourth-order valence-corrected chi connectivity index (χ4v) is 2.03. The summed E-state index contributed by atoms with van der Waals surface area (Å²) in [6, 6.07) is 14.1. The summed E-state index contributed by atoms with van der Waals surface area (Å²) >= 11 is 3.14. The molecule has 0 atom stereocenters. The van der Waals surface area contributed by atoms with E-state index in [0.717, 1.165) is 5.56 Å². The van der Waals surface area contributed by atoms with Crippen molar-refractivity contribution in [1.29, 1.82) is 0 Å². The van der Waals surface area contributed by atoms with E-state index in [-0.39, 0.29) is 19.0 Å². The van der Waals surface area contributed by atoms with Crippen LogP contribution >= 0.6 is 15.9 Å². The summed E-state index contributed by atoms with van der Waals surface area (Å²) in [5.74, 6) is -0.359. The zero-order valence-electron chi connectivity index (χ0n) is 10.6. The number of hydrogen-bond acceptors (Lipinski definition) is 2. The zero-order chi connectivity index (χ0) is 14.4. The van der Waals surface area contributed by atoms with E-state index < -0.39 is 6.09 Å². The van der Waals surface area contributed by atoms with E-state index in [1.807, 2.05) is 30.3 Å². The first kappa shape index (κ1) is 14.5. The van der Waals surface area contributed by atoms with Crippen molar-refractivity contribution in [2.75, 3.05) is 0 Å². The summed E-state index contributed by atoms with van der Waals surface area (Å²) in [5.41, 5.74) is 1.57. The van der Waals surface area contributed by atoms with Crippen molar-refractivity contribution in [3.05, 3.63) is 69.9 Å². The number of ether oxygens (including phenoxy) is 1. The van der Waals surface area contributed by atoms with Crippen LogP contribution in [0.4, 0.5) is 9.18 Å². The van der Waals surface area contributed by atoms with Crippen molar-refractivity contribution in [3.63, 3.8) is 0 Å². The first-order valence-corrected chi connectivity index (χ1v) is 6.83. The van der Waals surface area contributed by atoms with Crippen LogP contribution in [0.2, 0.25) is 0 Å². The minimum absolute atomic E-state index is 0.200. The lowest BCUT2D eigenvalue weighted by atomic mass is 10.2. The summed E-state index contributed by atoms with van der Waals surface area (Å²) in [5, 5.41) is 2.58. The molecule has 2 aromatic carbocycles. The molecule has 0 radical (unpaired) electrons. The molecule has 2 aromatic rings. The summed E-state index contributed by atoms with van der Waals surface area (Å²) in [7, 11) is 0. The molecule has 3 nitrogen and oxygen atoms in total. The van der Waals surface area contributed by atoms with Gasteiger partial charge in [-0.15, -0.1) is 0 Å². The molecule has 0 aliphatic carbocycles. The van der Waals surface area contributed by atoms with E-state index in [4.69, 9.17) is 4.74 Å². The van der Waals surface area contributed by atoms with E-state index in [0.29, 0.717) is 10.0 Å². The molecular formula is C15H13BrFNO2. The fourth-order valence-electron chi connectivity index (χ4n) is 1.63. The van der Waals surface area contributed by atoms with Gasteiger partial charge >= 0.3 is 6.09 Å². The standard InChI is InChI=1S/C15H13BrFNO2/c16-14-12(7-4-8-13(14)17)9-18-15(19)20-10-11-5-2-1-3-6-11/h1-8H,9-10H2,(H,18,19). The molecule has 0 aromatic heterocycles. The van der Waals surface area contributed by atoms with E-state index >= 15 is 0 Å². The number of carbonyl (C=O) groups is 1. The first-order chi connectivity index (χ1) is 9.66. The normalized spacial score (nSPS) is 10.1. The van der Waals surface area contributed by atoms with Crippen LogP contribution in [0.5, 0.6) is 0 Å². The van der Waals surface area contributed by atoms with Crippen molar-refractivity contribution >= 4 is 22.0 Å². The molecule has 1 amide bonds. The first-order valence-electron chi connectivity index (χ1n) is 6.04. The summed E-state index contributed by atoms with van der Waals surface area (Å²) in [6.07, 6.45) is -0.537. The Kier molecular flexibility index (Phi) is 5.12. The number of hydrogen-bond donors (Lipinski definition) is 1. The Labute approximate surface area is 124 Å². The van der Waals surface area contributed by atoms with Gasteiger partial charge in [0.05, 0.1) is 4.47 Å². The number of halogens is 2. The van der Waals surface area contributed by atoms with Crippen molar-refractivity contribution in [2.24, 2.45) is 0 Å². The Balaban J connectivity index is 1.82. The Morgan fingerprint density at radius 3 is 2.65 bits per heavy atom. The second kappa shape index (κ2) is 7.05. The average molecular weight is 338 g/mol. The lowest BCUT2D eigenvalue weighted by Crippen LogP contribution is -2.23. The molecule has 1 N–H and O–H groups in total. The molecule has 0 aliphatic rings. The topological polar surface area (TPSA) is 38.3 Å². The van der Waals surface area contributed by atoms with Gasteiger partial charge in [0.25, 0.3) is 0 Å². The van der Waals surface area contributed by atoms with E-state index in [2.05, 4.69) is 21.2 Å². The van der Waals surface area contributed by atoms with Crippen LogP contribution in [0, 0.1) is 5.82 Å². The van der Waals surface area contributed by atoms with Gasteiger partial charge < -0.3 is 10.1 Å². The highest BCUT2D eigenvalue weighted by atomic mass is 79.9. The van der Waals surface area contributed by atoms with Gasteiger partial charge in [-0.05, 0) is 33.1 Å². The molecule has 0 heterocycles. The quantitative estimate of drug-likeness (QED) is 0.915. The number of carbonyl (C=O) groups excluding carboxylic acids is 1. The molecule has 20 heavy (non-hydrogen) atoms. The third-order valence-corrected chi connectivity index (χ3v) is 3.56. The molecule has 104 valence electrons. The molecule has 0 saturated carbocycles. The van der Waals surface area contributed by atoms with Crippen LogP contribution in [0.1, 0.15) is 11.1 Å². The molecule has 0 unspecified atom stereocenters. The van der Waals surface area contributed by atoms with Crippen molar-refractivity contribution in [3.8, 4) is 0 Å². The van der Waals surface area contributed by atoms with E-state index in [9.17, 15) is 9.18 Å². The maximum atomic E-state index is 13.3. The second-order valence-corrected chi connectivity index (χ2v) is 4.92. The molecule has 0 aliphatic heterocycles. The maximum Gasteiger partial charge on any atom is 0.407 e. The van der Waals surface area contributed by atoms with Crippen LogP contribution < -0.4 is 5.32 Å². The lowest BCUT2D eigenvalue weighted by molar-refractivity contribution is 0.139. The number of amides is 1. The van der Waals surface area contributed by atoms with E-state index in [1.54, 1.807) is 12.1 Å². The third-order valence-electron chi connectivity index (χ3n) is 2.67. The Morgan fingerprint density at radius 2 is 1.90 bits per heavy atom. The highest BCUT2D eigenvalue weighted by Crippen LogP contribution is 2.20. The Bertz CT molecular complexity index is 590. The predicted octanol–water partition coefficient (Wildman–Crippen LogP) is 4.01. The van der Waals surface area contributed by atoms with Gasteiger partial charge in [-0.25, -0.2) is 9.18 Å². The van der Waals surface area contributed by atoms with Gasteiger partial charge in [0.2, 0.25) is 0 Å². The van der Waals surface area contributed by atoms with Gasteiger partial charge in [0, 0.05) is 6.54 Å². The smallest absolute Gasteiger partial charge is 0.407 e. The SMILES string of the molecule is O=C(NCc1cccc(F)c1Br)OCc1ccccc1. The van der Waals surface area contributed by atoms with Crippen LogP contribution in [-0.2, 0) is 17.9 Å². The monoisotopic (exact) mass is 337 g/mol. The fraction of sp³-hybridized carbons (Fsp3) is 0.133. The molecule has 2 rings (SSSR count). The van der Waals surface area contributed by atoms with Crippen molar-refractivity contribution in [2.45, 2.75) is 13.2 Å². The summed E-state index contributed by atoms with van der Waals surface area (Å²) < 4.78 is 18.7. The van der Waals surface area contributed by atoms with Crippen molar-refractivity contribution < 1.29 is 13.9 Å². The second-order valence-electron chi connectivity index (χ2n) is 4.13. The molecule has 0 spiro atoms. The highest BCUT2D eigenvalue weighted by Gasteiger charge is 2.07. The molecular weight excluding hydrogens is 325 g/mol. The van der Waals surface area contributed by atoms with E-state index in [1.165, 1.54) is 6.07 Å². The largest absolute Gasteiger partial charge is 0.445 e. The van der Waals surface area contributed by atoms with Crippen LogP contribution in [0.25, 0.3) is 0 Å². The van der Waals surface area contributed by atoms with Gasteiger partial charge in [0.15, 0.2) is 0 Å². The van der Waals surface area contributed by atoms with Crippen molar-refractivity contribution in [1.82, 2.24) is 5.32 Å². The van der Waals surface area contributed by atoms with Crippen LogP contribution in [-0.4, -0.2) is 6.09 Å². The lowest BCUT2D eigenvalue weighted by Gasteiger charge is -2.08. The highest BCUT2D eigenvalue weighted by molar-refractivity contribution is 9.10. The van der Waals surface area contributed by atoms with Crippen LogP contribution in [0.15, 0.2) is 53.0 Å². The van der Waals surface area contributed by atoms with Gasteiger partial charge in [-0.2, -0.15) is 0 Å². The Morgan fingerprint density at radius 1 is 1.15 bits per heavy atom. The maximum absolute atomic E-state index is 13.3. The molecule has 0 bridgehead atoms. The van der Waals surface area contributed by atoms with Gasteiger partial charge in [-0.1, -0.05) is 42.5 Å². The minimum atomic E-state index is -0.537.